The molecule has 0 radical (unpaired) electrons. The quantitative estimate of drug-likeness (QED) is 0.107. The molecule has 0 aliphatic carbocycles. The van der Waals surface area contributed by atoms with Crippen LogP contribution in [-0.2, 0) is 0 Å². The molecule has 76 valence electrons. The standard InChI is InChI=1S/C5H14N6O2/c1-11(13)8-4-2-3-7-10-5(12)9-6/h7H,2-4,6H2,1H3,(H2,9,10,12). The van der Waals surface area contributed by atoms with Gasteiger partial charge >= 0.3 is 6.03 Å². The Labute approximate surface area is 75.7 Å². The number of rotatable bonds is 5. The number of hydroxylamine groups is 1. The van der Waals surface area contributed by atoms with Crippen molar-refractivity contribution in [1.82, 2.24) is 16.3 Å². The Balaban J connectivity index is 3.18. The molecule has 0 saturated carbocycles. The zero-order valence-electron chi connectivity index (χ0n) is 7.41. The molecule has 0 aromatic rings. The van der Waals surface area contributed by atoms with Crippen molar-refractivity contribution in [3.05, 3.63) is 5.21 Å². The summed E-state index contributed by atoms with van der Waals surface area (Å²) in [5.74, 6) is 4.78. The summed E-state index contributed by atoms with van der Waals surface area (Å²) in [6.45, 7) is 0.934. The van der Waals surface area contributed by atoms with E-state index in [1.807, 2.05) is 5.43 Å². The monoisotopic (exact) mass is 190 g/mol. The smallest absolute Gasteiger partial charge is 0.343 e. The maximum Gasteiger partial charge on any atom is 0.343 e. The molecule has 0 fully saturated rings. The van der Waals surface area contributed by atoms with Crippen LogP contribution in [0.5, 0.6) is 0 Å². The van der Waals surface area contributed by atoms with E-state index in [4.69, 9.17) is 5.84 Å². The third-order valence-electron chi connectivity index (χ3n) is 1.09. The van der Waals surface area contributed by atoms with Gasteiger partial charge in [-0.25, -0.2) is 16.1 Å². The molecule has 0 rings (SSSR count). The van der Waals surface area contributed by atoms with Gasteiger partial charge in [0.2, 0.25) is 0 Å². The predicted octanol–water partition coefficient (Wildman–Crippen LogP) is -1.35. The number of nitrogens with zero attached hydrogens (tertiary/aromatic N) is 2. The second-order valence-electron chi connectivity index (χ2n) is 2.21. The number of amides is 2. The molecule has 0 aliphatic heterocycles. The number of azo groups is 1. The van der Waals surface area contributed by atoms with E-state index in [9.17, 15) is 10.0 Å². The highest BCUT2D eigenvalue weighted by Gasteiger charge is 1.93. The summed E-state index contributed by atoms with van der Waals surface area (Å²) in [6.07, 6.45) is 0.650. The molecule has 13 heavy (non-hydrogen) atoms. The lowest BCUT2D eigenvalue weighted by Crippen LogP contribution is -2.47. The largest absolute Gasteiger partial charge is 0.600 e. The van der Waals surface area contributed by atoms with Gasteiger partial charge in [0.1, 0.15) is 6.54 Å². The molecule has 0 unspecified atom stereocenters. The topological polar surface area (TPSA) is 118 Å². The maximum atomic E-state index is 10.5. The molecular weight excluding hydrogens is 176 g/mol. The molecule has 0 aromatic heterocycles. The summed E-state index contributed by atoms with van der Waals surface area (Å²) in [5.41, 5.74) is 6.73. The van der Waals surface area contributed by atoms with Crippen LogP contribution in [0.2, 0.25) is 0 Å². The average molecular weight is 190 g/mol. The van der Waals surface area contributed by atoms with Crippen molar-refractivity contribution in [2.75, 3.05) is 20.1 Å². The number of carbonyl (C=O) groups is 1. The van der Waals surface area contributed by atoms with E-state index >= 15 is 0 Å². The Morgan fingerprint density at radius 2 is 2.38 bits per heavy atom. The molecule has 5 N–H and O–H groups in total. The van der Waals surface area contributed by atoms with E-state index in [1.54, 1.807) is 0 Å². The van der Waals surface area contributed by atoms with E-state index in [0.29, 0.717) is 24.4 Å². The molecule has 8 heteroatoms. The van der Waals surface area contributed by atoms with Crippen LogP contribution in [0, 0.1) is 5.21 Å². The molecule has 0 atom stereocenters. The van der Waals surface area contributed by atoms with Crippen molar-refractivity contribution in [3.8, 4) is 0 Å². The third kappa shape index (κ3) is 8.50. The summed E-state index contributed by atoms with van der Waals surface area (Å²) < 4.78 is 0. The lowest BCUT2D eigenvalue weighted by molar-refractivity contribution is -0.499. The van der Waals surface area contributed by atoms with Gasteiger partial charge in [0.25, 0.3) is 0 Å². The van der Waals surface area contributed by atoms with Gasteiger partial charge in [-0.1, -0.05) is 0 Å². The van der Waals surface area contributed by atoms with Crippen LogP contribution >= 0.6 is 0 Å². The van der Waals surface area contributed by atoms with Gasteiger partial charge in [-0.15, -0.1) is 4.86 Å². The fourth-order valence-corrected chi connectivity index (χ4v) is 0.558. The van der Waals surface area contributed by atoms with Crippen LogP contribution in [-0.4, -0.2) is 31.0 Å². The predicted molar refractivity (Wildman–Crippen MR) is 45.3 cm³/mol. The minimum Gasteiger partial charge on any atom is -0.600 e. The normalized spacial score (nSPS) is 11.1. The number of nitrogens with one attached hydrogen (secondary N) is 3. The molecule has 0 aliphatic rings. The SMILES string of the molecule is C[N+]([O-])=NCCCNNC(=O)NN. The Bertz CT molecular complexity index is 178. The first-order chi connectivity index (χ1) is 6.16. The summed E-state index contributed by atoms with van der Waals surface area (Å²) in [7, 11) is 1.31. The van der Waals surface area contributed by atoms with Crippen molar-refractivity contribution in [1.29, 1.82) is 0 Å². The van der Waals surface area contributed by atoms with Crippen LogP contribution in [0.15, 0.2) is 5.11 Å². The Hall–Kier alpha value is -1.41. The van der Waals surface area contributed by atoms with Gasteiger partial charge < -0.3 is 5.21 Å². The van der Waals surface area contributed by atoms with E-state index in [-0.39, 0.29) is 0 Å². The molecule has 0 spiro atoms. The molecule has 2 amide bonds. The Kier molecular flexibility index (Phi) is 6.46. The van der Waals surface area contributed by atoms with Gasteiger partial charge in [0, 0.05) is 6.54 Å². The van der Waals surface area contributed by atoms with Gasteiger partial charge in [0.15, 0.2) is 7.05 Å². The van der Waals surface area contributed by atoms with Crippen molar-refractivity contribution in [2.24, 2.45) is 11.0 Å². The summed E-state index contributed by atoms with van der Waals surface area (Å²) >= 11 is 0. The zero-order valence-corrected chi connectivity index (χ0v) is 7.41. The Morgan fingerprint density at radius 3 is 2.92 bits per heavy atom. The lowest BCUT2D eigenvalue weighted by atomic mass is 10.4. The Morgan fingerprint density at radius 1 is 1.69 bits per heavy atom. The van der Waals surface area contributed by atoms with Gasteiger partial charge in [0.05, 0.1) is 0 Å². The number of hydrogen-bond donors (Lipinski definition) is 4. The van der Waals surface area contributed by atoms with Crippen LogP contribution in [0.25, 0.3) is 0 Å². The fourth-order valence-electron chi connectivity index (χ4n) is 0.558. The minimum absolute atomic E-state index is 0.416. The van der Waals surface area contributed by atoms with Crippen molar-refractivity contribution < 1.29 is 9.66 Å². The summed E-state index contributed by atoms with van der Waals surface area (Å²) in [6, 6.07) is -0.516. The highest BCUT2D eigenvalue weighted by Crippen LogP contribution is 1.78. The second-order valence-corrected chi connectivity index (χ2v) is 2.21. The molecule has 0 heterocycles. The van der Waals surface area contributed by atoms with Crippen molar-refractivity contribution >= 4 is 6.03 Å². The second kappa shape index (κ2) is 7.25. The van der Waals surface area contributed by atoms with Crippen LogP contribution < -0.4 is 22.1 Å². The van der Waals surface area contributed by atoms with Crippen molar-refractivity contribution in [2.45, 2.75) is 6.42 Å². The fraction of sp³-hybridized carbons (Fsp3) is 0.800. The average Bonchev–Trinajstić information content (AvgIpc) is 2.10. The summed E-state index contributed by atoms with van der Waals surface area (Å²) in [5, 5.41) is 13.8. The van der Waals surface area contributed by atoms with Gasteiger partial charge in [-0.3, -0.25) is 10.9 Å². The van der Waals surface area contributed by atoms with Crippen LogP contribution in [0.1, 0.15) is 6.42 Å². The maximum absolute atomic E-state index is 10.5. The van der Waals surface area contributed by atoms with Gasteiger partial charge in [-0.05, 0) is 11.5 Å². The molecule has 0 bridgehead atoms. The number of urea groups is 1. The molecule has 0 saturated heterocycles. The minimum atomic E-state index is -0.516. The van der Waals surface area contributed by atoms with Crippen molar-refractivity contribution in [3.63, 3.8) is 0 Å². The highest BCUT2D eigenvalue weighted by atomic mass is 16.5. The number of nitrogens with two attached hydrogens (primary N) is 1. The lowest BCUT2D eigenvalue weighted by Gasteiger charge is -2.03. The first kappa shape index (κ1) is 11.6. The van der Waals surface area contributed by atoms with E-state index in [0.717, 1.165) is 0 Å². The molecule has 0 aromatic carbocycles. The van der Waals surface area contributed by atoms with E-state index in [2.05, 4.69) is 16.0 Å². The number of hydrogen-bond acceptors (Lipinski definition) is 5. The van der Waals surface area contributed by atoms with Gasteiger partial charge in [-0.2, -0.15) is 0 Å². The van der Waals surface area contributed by atoms with E-state index < -0.39 is 6.03 Å². The van der Waals surface area contributed by atoms with Crippen LogP contribution in [0.3, 0.4) is 0 Å². The first-order valence-corrected chi connectivity index (χ1v) is 3.74. The first-order valence-electron chi connectivity index (χ1n) is 3.74. The molecular formula is C5H14N6O2. The van der Waals surface area contributed by atoms with Crippen LogP contribution in [0.4, 0.5) is 4.79 Å². The third-order valence-corrected chi connectivity index (χ3v) is 1.09. The number of carbonyl (C=O) groups excluding carboxylic acids is 1. The molecule has 8 nitrogen and oxygen atoms in total. The van der Waals surface area contributed by atoms with E-state index in [1.165, 1.54) is 7.05 Å². The number of hydrazine groups is 2. The summed E-state index contributed by atoms with van der Waals surface area (Å²) in [4.78, 5) is 11.0. The zero-order chi connectivity index (χ0) is 10.1. The highest BCUT2D eigenvalue weighted by molar-refractivity contribution is 5.72.